The first-order valence-electron chi connectivity index (χ1n) is 10.7. The Hall–Kier alpha value is -3.61. The summed E-state index contributed by atoms with van der Waals surface area (Å²) in [7, 11) is 0. The van der Waals surface area contributed by atoms with Gasteiger partial charge in [0.05, 0.1) is 11.4 Å². The van der Waals surface area contributed by atoms with Gasteiger partial charge < -0.3 is 19.7 Å². The van der Waals surface area contributed by atoms with Crippen molar-refractivity contribution in [3.8, 4) is 16.9 Å². The van der Waals surface area contributed by atoms with Crippen LogP contribution in [0.25, 0.3) is 22.0 Å². The number of aromatic amines is 1. The van der Waals surface area contributed by atoms with Crippen LogP contribution in [0.1, 0.15) is 25.3 Å². The number of aryl methyl sites for hydroxylation is 1. The van der Waals surface area contributed by atoms with Crippen LogP contribution in [0.15, 0.2) is 53.3 Å². The maximum absolute atomic E-state index is 12.8. The van der Waals surface area contributed by atoms with Gasteiger partial charge in [-0.05, 0) is 55.5 Å². The van der Waals surface area contributed by atoms with Crippen molar-refractivity contribution in [3.63, 3.8) is 0 Å². The summed E-state index contributed by atoms with van der Waals surface area (Å²) in [5.41, 5.74) is 3.30. The number of benzene rings is 2. The van der Waals surface area contributed by atoms with E-state index in [1.165, 1.54) is 0 Å². The SMILES string of the molecule is Cc1ccccc1-c1cc(=O)[nH]c2cc(O[C@H](C)C(=O)N3CCC[C@H](C(=O)O)C3)ccc12. The number of aliphatic carboxylic acids is 1. The summed E-state index contributed by atoms with van der Waals surface area (Å²) in [5, 5.41) is 10.1. The molecular formula is C25H26N2O5. The molecule has 7 nitrogen and oxygen atoms in total. The molecule has 4 rings (SSSR count). The van der Waals surface area contributed by atoms with E-state index in [2.05, 4.69) is 4.98 Å². The second kappa shape index (κ2) is 8.86. The molecule has 0 aliphatic carbocycles. The Kier molecular flexibility index (Phi) is 5.99. The Labute approximate surface area is 185 Å². The highest BCUT2D eigenvalue weighted by Gasteiger charge is 2.31. The Morgan fingerprint density at radius 3 is 2.69 bits per heavy atom. The Balaban J connectivity index is 1.58. The van der Waals surface area contributed by atoms with Crippen molar-refractivity contribution in [2.24, 2.45) is 5.92 Å². The first-order chi connectivity index (χ1) is 15.3. The normalized spacial score (nSPS) is 17.2. The molecule has 1 aliphatic rings. The Morgan fingerprint density at radius 1 is 1.16 bits per heavy atom. The fourth-order valence-corrected chi connectivity index (χ4v) is 4.30. The largest absolute Gasteiger partial charge is 0.481 e. The number of H-pyrrole nitrogens is 1. The Bertz CT molecular complexity index is 1230. The van der Waals surface area contributed by atoms with E-state index in [0.29, 0.717) is 30.7 Å². The second-order valence-corrected chi connectivity index (χ2v) is 8.29. The molecule has 2 atom stereocenters. The predicted molar refractivity (Wildman–Crippen MR) is 122 cm³/mol. The van der Waals surface area contributed by atoms with Gasteiger partial charge in [-0.3, -0.25) is 14.4 Å². The molecule has 166 valence electrons. The molecule has 1 aromatic heterocycles. The lowest BCUT2D eigenvalue weighted by Crippen LogP contribution is -2.47. The number of hydrogen-bond donors (Lipinski definition) is 2. The van der Waals surface area contributed by atoms with Crippen LogP contribution in [0.4, 0.5) is 0 Å². The van der Waals surface area contributed by atoms with Gasteiger partial charge >= 0.3 is 5.97 Å². The van der Waals surface area contributed by atoms with Gasteiger partial charge in [-0.15, -0.1) is 0 Å². The van der Waals surface area contributed by atoms with Crippen molar-refractivity contribution in [2.75, 3.05) is 13.1 Å². The molecule has 2 aromatic carbocycles. The average molecular weight is 434 g/mol. The van der Waals surface area contributed by atoms with Crippen LogP contribution in [0.2, 0.25) is 0 Å². The molecular weight excluding hydrogens is 408 g/mol. The second-order valence-electron chi connectivity index (χ2n) is 8.29. The van der Waals surface area contributed by atoms with Crippen LogP contribution in [-0.4, -0.2) is 46.1 Å². The summed E-state index contributed by atoms with van der Waals surface area (Å²) in [4.78, 5) is 40.8. The number of fused-ring (bicyclic) bond motifs is 1. The van der Waals surface area contributed by atoms with Gasteiger partial charge in [0.15, 0.2) is 6.10 Å². The summed E-state index contributed by atoms with van der Waals surface area (Å²) >= 11 is 0. The third-order valence-corrected chi connectivity index (χ3v) is 5.99. The van der Waals surface area contributed by atoms with Crippen LogP contribution in [0, 0.1) is 12.8 Å². The molecule has 1 aliphatic heterocycles. The van der Waals surface area contributed by atoms with Gasteiger partial charge in [0.25, 0.3) is 5.91 Å². The maximum Gasteiger partial charge on any atom is 0.308 e. The number of ether oxygens (including phenoxy) is 1. The number of amides is 1. The van der Waals surface area contributed by atoms with Gasteiger partial charge in [0, 0.05) is 30.6 Å². The van der Waals surface area contributed by atoms with Crippen molar-refractivity contribution >= 4 is 22.8 Å². The molecule has 7 heteroatoms. The highest BCUT2D eigenvalue weighted by molar-refractivity contribution is 5.95. The van der Waals surface area contributed by atoms with Crippen molar-refractivity contribution in [1.29, 1.82) is 0 Å². The number of nitrogens with one attached hydrogen (secondary N) is 1. The molecule has 2 heterocycles. The van der Waals surface area contributed by atoms with Crippen molar-refractivity contribution in [2.45, 2.75) is 32.8 Å². The van der Waals surface area contributed by atoms with Gasteiger partial charge in [0.2, 0.25) is 5.56 Å². The van der Waals surface area contributed by atoms with E-state index in [9.17, 15) is 19.5 Å². The standard InChI is InChI=1S/C25H26N2O5/c1-15-6-3-4-8-19(15)21-13-23(28)26-22-12-18(9-10-20(21)22)32-16(2)24(29)27-11-5-7-17(14-27)25(30)31/h3-4,6,8-10,12-13,16-17H,5,7,11,14H2,1-2H3,(H,26,28)(H,30,31)/t16-,17+/m1/s1. The quantitative estimate of drug-likeness (QED) is 0.639. The topological polar surface area (TPSA) is 99.7 Å². The smallest absolute Gasteiger partial charge is 0.308 e. The molecule has 2 N–H and O–H groups in total. The molecule has 1 saturated heterocycles. The third-order valence-electron chi connectivity index (χ3n) is 5.99. The maximum atomic E-state index is 12.8. The van der Waals surface area contributed by atoms with E-state index in [0.717, 1.165) is 22.1 Å². The van der Waals surface area contributed by atoms with E-state index in [4.69, 9.17) is 4.74 Å². The van der Waals surface area contributed by atoms with Gasteiger partial charge in [-0.25, -0.2) is 0 Å². The molecule has 0 spiro atoms. The lowest BCUT2D eigenvalue weighted by molar-refractivity contribution is -0.147. The number of carboxylic acids is 1. The summed E-state index contributed by atoms with van der Waals surface area (Å²) in [6, 6.07) is 14.9. The zero-order valence-corrected chi connectivity index (χ0v) is 18.1. The number of carboxylic acid groups (broad SMARTS) is 1. The van der Waals surface area contributed by atoms with Gasteiger partial charge in [-0.2, -0.15) is 0 Å². The lowest BCUT2D eigenvalue weighted by Gasteiger charge is -2.32. The molecule has 3 aromatic rings. The Morgan fingerprint density at radius 2 is 1.94 bits per heavy atom. The lowest BCUT2D eigenvalue weighted by atomic mass is 9.97. The minimum Gasteiger partial charge on any atom is -0.481 e. The number of piperidine rings is 1. The van der Waals surface area contributed by atoms with Crippen LogP contribution >= 0.6 is 0 Å². The summed E-state index contributed by atoms with van der Waals surface area (Å²) < 4.78 is 5.88. The summed E-state index contributed by atoms with van der Waals surface area (Å²) in [6.45, 7) is 4.39. The fraction of sp³-hybridized carbons (Fsp3) is 0.320. The highest BCUT2D eigenvalue weighted by atomic mass is 16.5. The van der Waals surface area contributed by atoms with Crippen molar-refractivity contribution in [3.05, 3.63) is 64.4 Å². The first kappa shape index (κ1) is 21.6. The minimum atomic E-state index is -0.876. The first-order valence-corrected chi connectivity index (χ1v) is 10.7. The molecule has 0 saturated carbocycles. The molecule has 1 fully saturated rings. The van der Waals surface area contributed by atoms with E-state index < -0.39 is 18.0 Å². The van der Waals surface area contributed by atoms with Crippen molar-refractivity contribution in [1.82, 2.24) is 9.88 Å². The average Bonchev–Trinajstić information content (AvgIpc) is 2.78. The molecule has 1 amide bonds. The van der Waals surface area contributed by atoms with Gasteiger partial charge in [-0.1, -0.05) is 24.3 Å². The number of rotatable bonds is 5. The minimum absolute atomic E-state index is 0.201. The predicted octanol–water partition coefficient (Wildman–Crippen LogP) is 3.59. The molecule has 0 bridgehead atoms. The fourth-order valence-electron chi connectivity index (χ4n) is 4.30. The molecule has 32 heavy (non-hydrogen) atoms. The van der Waals surface area contributed by atoms with Crippen LogP contribution in [0.5, 0.6) is 5.75 Å². The van der Waals surface area contributed by atoms with Gasteiger partial charge in [0.1, 0.15) is 5.75 Å². The molecule has 0 unspecified atom stereocenters. The van der Waals surface area contributed by atoms with Crippen LogP contribution in [0.3, 0.4) is 0 Å². The number of carbonyl (C=O) groups excluding carboxylic acids is 1. The van der Waals surface area contributed by atoms with E-state index in [1.54, 1.807) is 30.0 Å². The number of pyridine rings is 1. The third kappa shape index (κ3) is 4.37. The zero-order chi connectivity index (χ0) is 22.8. The van der Waals surface area contributed by atoms with E-state index in [1.807, 2.05) is 37.3 Å². The van der Waals surface area contributed by atoms with E-state index in [-0.39, 0.29) is 18.0 Å². The molecule has 0 radical (unpaired) electrons. The zero-order valence-electron chi connectivity index (χ0n) is 18.1. The van der Waals surface area contributed by atoms with Crippen LogP contribution in [-0.2, 0) is 9.59 Å². The summed E-state index contributed by atoms with van der Waals surface area (Å²) in [5.74, 6) is -1.19. The summed E-state index contributed by atoms with van der Waals surface area (Å²) in [6.07, 6.45) is 0.468. The monoisotopic (exact) mass is 434 g/mol. The highest BCUT2D eigenvalue weighted by Crippen LogP contribution is 2.31. The number of nitrogens with zero attached hydrogens (tertiary/aromatic N) is 1. The van der Waals surface area contributed by atoms with Crippen LogP contribution < -0.4 is 10.3 Å². The number of carbonyl (C=O) groups is 2. The number of hydrogen-bond acceptors (Lipinski definition) is 4. The number of likely N-dealkylation sites (tertiary alicyclic amines) is 1. The van der Waals surface area contributed by atoms with E-state index >= 15 is 0 Å². The van der Waals surface area contributed by atoms with Crippen molar-refractivity contribution < 1.29 is 19.4 Å². The number of aromatic nitrogens is 1.